The molecule has 8 heteroatoms. The molecule has 1 heterocycles. The molecule has 4 rings (SSSR count). The van der Waals surface area contributed by atoms with Gasteiger partial charge in [0.25, 0.3) is 5.69 Å². The van der Waals surface area contributed by atoms with E-state index in [1.54, 1.807) is 0 Å². The third-order valence-corrected chi connectivity index (χ3v) is 5.80. The van der Waals surface area contributed by atoms with Crippen LogP contribution in [0.3, 0.4) is 0 Å². The molecule has 1 N–H and O–H groups in total. The molecular weight excluding hydrogens is 382 g/mol. The zero-order valence-electron chi connectivity index (χ0n) is 16.1. The highest BCUT2D eigenvalue weighted by molar-refractivity contribution is 6.01. The summed E-state index contributed by atoms with van der Waals surface area (Å²) in [6.45, 7) is 1.81. The summed E-state index contributed by atoms with van der Waals surface area (Å²) in [6, 6.07) is 4.30. The summed E-state index contributed by atoms with van der Waals surface area (Å²) < 4.78 is 33.0. The number of aromatic nitrogens is 1. The maximum atomic E-state index is 13.5. The van der Waals surface area contributed by atoms with Crippen LogP contribution in [-0.4, -0.2) is 27.7 Å². The predicted octanol–water partition coefficient (Wildman–Crippen LogP) is 5.37. The summed E-state index contributed by atoms with van der Waals surface area (Å²) in [7, 11) is 0. The molecule has 1 aromatic carbocycles. The minimum atomic E-state index is -2.66. The van der Waals surface area contributed by atoms with Crippen LogP contribution in [0.5, 0.6) is 5.75 Å². The summed E-state index contributed by atoms with van der Waals surface area (Å²) in [6.07, 6.45) is 1.52. The Hall–Kier alpha value is -2.77. The van der Waals surface area contributed by atoms with E-state index in [1.165, 1.54) is 18.2 Å². The van der Waals surface area contributed by atoms with Crippen LogP contribution in [0.25, 0.3) is 11.3 Å². The number of rotatable bonds is 4. The van der Waals surface area contributed by atoms with Crippen LogP contribution < -0.4 is 4.74 Å². The van der Waals surface area contributed by atoms with E-state index in [4.69, 9.17) is 4.74 Å². The van der Waals surface area contributed by atoms with Gasteiger partial charge in [-0.1, -0.05) is 0 Å². The van der Waals surface area contributed by atoms with E-state index in [0.717, 1.165) is 17.7 Å². The smallest absolute Gasteiger partial charge is 0.270 e. The minimum Gasteiger partial charge on any atom is -0.490 e. The molecule has 0 radical (unpaired) electrons. The van der Waals surface area contributed by atoms with Crippen LogP contribution in [0.1, 0.15) is 60.1 Å². The molecule has 154 valence electrons. The zero-order chi connectivity index (χ0) is 20.8. The number of aromatic amines is 1. The Balaban J connectivity index is 1.74. The van der Waals surface area contributed by atoms with Gasteiger partial charge in [-0.2, -0.15) is 0 Å². The van der Waals surface area contributed by atoms with Crippen molar-refractivity contribution in [2.75, 3.05) is 0 Å². The van der Waals surface area contributed by atoms with Crippen molar-refractivity contribution in [3.63, 3.8) is 0 Å². The van der Waals surface area contributed by atoms with Crippen LogP contribution in [0.15, 0.2) is 18.2 Å². The molecule has 0 bridgehead atoms. The summed E-state index contributed by atoms with van der Waals surface area (Å²) in [5, 5.41) is 11.3. The first kappa shape index (κ1) is 19.5. The Morgan fingerprint density at radius 2 is 1.97 bits per heavy atom. The van der Waals surface area contributed by atoms with E-state index in [-0.39, 0.29) is 43.3 Å². The van der Waals surface area contributed by atoms with E-state index < -0.39 is 10.8 Å². The zero-order valence-corrected chi connectivity index (χ0v) is 16.1. The van der Waals surface area contributed by atoms with E-state index in [2.05, 4.69) is 4.98 Å². The van der Waals surface area contributed by atoms with Crippen LogP contribution >= 0.6 is 0 Å². The molecule has 0 unspecified atom stereocenters. The fourth-order valence-corrected chi connectivity index (χ4v) is 4.33. The number of carbonyl (C=O) groups excluding carboxylic acids is 1. The highest BCUT2D eigenvalue weighted by Crippen LogP contribution is 2.41. The maximum Gasteiger partial charge on any atom is 0.270 e. The standard InChI is InChI=1S/C21H22F2N2O4/c1-12-19-15(3-2-4-17(19)26)20(24-12)16-11-13(25(27)28)5-6-18(16)29-14-7-9-21(22,23)10-8-14/h5-6,11,14,24H,2-4,7-10H2,1H3. The Labute approximate surface area is 166 Å². The lowest BCUT2D eigenvalue weighted by Gasteiger charge is -2.29. The van der Waals surface area contributed by atoms with Crippen molar-refractivity contribution < 1.29 is 23.2 Å². The number of nitro benzene ring substituents is 1. The van der Waals surface area contributed by atoms with E-state index in [1.807, 2.05) is 6.92 Å². The number of nitro groups is 1. The second-order valence-electron chi connectivity index (χ2n) is 7.87. The normalized spacial score (nSPS) is 19.1. The minimum absolute atomic E-state index is 0.0636. The van der Waals surface area contributed by atoms with Crippen LogP contribution in [-0.2, 0) is 6.42 Å². The molecular formula is C21H22F2N2O4. The van der Waals surface area contributed by atoms with Crippen molar-refractivity contribution in [1.82, 2.24) is 4.98 Å². The van der Waals surface area contributed by atoms with Gasteiger partial charge in [0.05, 0.1) is 16.7 Å². The Morgan fingerprint density at radius 3 is 2.66 bits per heavy atom. The van der Waals surface area contributed by atoms with Gasteiger partial charge in [-0.15, -0.1) is 0 Å². The number of ether oxygens (including phenoxy) is 1. The molecule has 0 saturated heterocycles. The average molecular weight is 404 g/mol. The predicted molar refractivity (Wildman–Crippen MR) is 103 cm³/mol. The second-order valence-corrected chi connectivity index (χ2v) is 7.87. The number of carbonyl (C=O) groups is 1. The average Bonchev–Trinajstić information content (AvgIpc) is 3.01. The lowest BCUT2D eigenvalue weighted by molar-refractivity contribution is -0.384. The number of alkyl halides is 2. The third kappa shape index (κ3) is 3.75. The monoisotopic (exact) mass is 404 g/mol. The number of hydrogen-bond acceptors (Lipinski definition) is 4. The molecule has 1 aromatic heterocycles. The largest absolute Gasteiger partial charge is 0.490 e. The van der Waals surface area contributed by atoms with Crippen LogP contribution in [0.2, 0.25) is 0 Å². The van der Waals surface area contributed by atoms with Crippen molar-refractivity contribution in [1.29, 1.82) is 0 Å². The summed E-state index contributed by atoms with van der Waals surface area (Å²) >= 11 is 0. The number of nitrogens with zero attached hydrogens (tertiary/aromatic N) is 1. The lowest BCUT2D eigenvalue weighted by Crippen LogP contribution is -2.30. The van der Waals surface area contributed by atoms with Crippen molar-refractivity contribution in [2.45, 2.75) is 63.9 Å². The number of hydrogen-bond donors (Lipinski definition) is 1. The van der Waals surface area contributed by atoms with Gasteiger partial charge in [-0.25, -0.2) is 8.78 Å². The number of benzene rings is 1. The molecule has 0 spiro atoms. The van der Waals surface area contributed by atoms with E-state index in [9.17, 15) is 23.7 Å². The van der Waals surface area contributed by atoms with Gasteiger partial charge in [-0.05, 0) is 44.2 Å². The molecule has 0 aliphatic heterocycles. The van der Waals surface area contributed by atoms with Crippen molar-refractivity contribution >= 4 is 11.5 Å². The van der Waals surface area contributed by atoms with Crippen molar-refractivity contribution in [3.05, 3.63) is 45.1 Å². The van der Waals surface area contributed by atoms with Gasteiger partial charge in [0, 0.05) is 48.2 Å². The molecule has 0 atom stereocenters. The third-order valence-electron chi connectivity index (χ3n) is 5.80. The first-order valence-electron chi connectivity index (χ1n) is 9.83. The summed E-state index contributed by atoms with van der Waals surface area (Å²) in [4.78, 5) is 26.4. The summed E-state index contributed by atoms with van der Waals surface area (Å²) in [5.74, 6) is -2.18. The number of fused-ring (bicyclic) bond motifs is 1. The summed E-state index contributed by atoms with van der Waals surface area (Å²) in [5.41, 5.74) is 3.28. The van der Waals surface area contributed by atoms with Gasteiger partial charge in [0.15, 0.2) is 5.78 Å². The quantitative estimate of drug-likeness (QED) is 0.548. The van der Waals surface area contributed by atoms with Gasteiger partial charge >= 0.3 is 0 Å². The fraction of sp³-hybridized carbons (Fsp3) is 0.476. The first-order chi connectivity index (χ1) is 13.7. The number of non-ortho nitro benzene ring substituents is 1. The number of nitrogens with one attached hydrogen (secondary N) is 1. The number of ketones is 1. The number of H-pyrrole nitrogens is 1. The number of aryl methyl sites for hydroxylation is 1. The van der Waals surface area contributed by atoms with Gasteiger partial charge < -0.3 is 9.72 Å². The highest BCUT2D eigenvalue weighted by Gasteiger charge is 2.36. The molecule has 2 aliphatic rings. The van der Waals surface area contributed by atoms with E-state index >= 15 is 0 Å². The molecule has 2 aliphatic carbocycles. The number of halogens is 2. The molecule has 29 heavy (non-hydrogen) atoms. The lowest BCUT2D eigenvalue weighted by atomic mass is 9.89. The van der Waals surface area contributed by atoms with E-state index in [0.29, 0.717) is 35.4 Å². The van der Waals surface area contributed by atoms with Crippen molar-refractivity contribution in [2.24, 2.45) is 0 Å². The maximum absolute atomic E-state index is 13.5. The van der Waals surface area contributed by atoms with Crippen molar-refractivity contribution in [3.8, 4) is 17.0 Å². The molecule has 1 fully saturated rings. The molecule has 2 aromatic rings. The highest BCUT2D eigenvalue weighted by atomic mass is 19.3. The topological polar surface area (TPSA) is 85.2 Å². The first-order valence-corrected chi connectivity index (χ1v) is 9.83. The van der Waals surface area contributed by atoms with Crippen LogP contribution in [0, 0.1) is 17.0 Å². The molecule has 6 nitrogen and oxygen atoms in total. The molecule has 0 amide bonds. The van der Waals surface area contributed by atoms with Gasteiger partial charge in [-0.3, -0.25) is 14.9 Å². The Bertz CT molecular complexity index is 973. The molecule has 1 saturated carbocycles. The SMILES string of the molecule is Cc1[nH]c(-c2cc([N+](=O)[O-])ccc2OC2CCC(F)(F)CC2)c2c1C(=O)CCC2. The Morgan fingerprint density at radius 1 is 1.24 bits per heavy atom. The van der Waals surface area contributed by atoms with Gasteiger partial charge in [0.1, 0.15) is 5.75 Å². The fourth-order valence-electron chi connectivity index (χ4n) is 4.33. The number of Topliss-reactive ketones (excluding diaryl/α,β-unsaturated/α-hetero) is 1. The van der Waals surface area contributed by atoms with Crippen LogP contribution in [0.4, 0.5) is 14.5 Å². The second kappa shape index (κ2) is 7.24. The van der Waals surface area contributed by atoms with Gasteiger partial charge in [0.2, 0.25) is 5.92 Å². The Kier molecular flexibility index (Phi) is 4.88.